The molecule has 0 aliphatic rings. The molecule has 116 valence electrons. The molecule has 0 aromatic heterocycles. The van der Waals surface area contributed by atoms with Gasteiger partial charge < -0.3 is 10.4 Å². The SMILES string of the molecule is CCN(C(=O)NCC(C(=O)O)C(C)C)c1cccc(C)c1. The number of nitrogens with one attached hydrogen (secondary N) is 1. The van der Waals surface area contributed by atoms with E-state index in [1.165, 1.54) is 0 Å². The molecule has 0 heterocycles. The molecule has 1 unspecified atom stereocenters. The van der Waals surface area contributed by atoms with E-state index >= 15 is 0 Å². The molecule has 1 rings (SSSR count). The van der Waals surface area contributed by atoms with Crippen molar-refractivity contribution >= 4 is 17.7 Å². The predicted octanol–water partition coefficient (Wildman–Crippen LogP) is 2.89. The van der Waals surface area contributed by atoms with Crippen LogP contribution in [-0.2, 0) is 4.79 Å². The van der Waals surface area contributed by atoms with E-state index in [0.717, 1.165) is 11.3 Å². The molecular weight excluding hydrogens is 268 g/mol. The number of amides is 2. The number of aliphatic carboxylic acids is 1. The predicted molar refractivity (Wildman–Crippen MR) is 83.6 cm³/mol. The lowest BCUT2D eigenvalue weighted by atomic mass is 9.96. The third-order valence-corrected chi connectivity index (χ3v) is 3.47. The van der Waals surface area contributed by atoms with E-state index < -0.39 is 11.9 Å². The molecule has 1 aromatic rings. The molecule has 1 aromatic carbocycles. The van der Waals surface area contributed by atoms with Crippen LogP contribution in [0, 0.1) is 18.8 Å². The molecule has 5 nitrogen and oxygen atoms in total. The number of rotatable bonds is 6. The van der Waals surface area contributed by atoms with E-state index in [-0.39, 0.29) is 18.5 Å². The summed E-state index contributed by atoms with van der Waals surface area (Å²) in [7, 11) is 0. The van der Waals surface area contributed by atoms with Crippen molar-refractivity contribution in [3.63, 3.8) is 0 Å². The van der Waals surface area contributed by atoms with Crippen LogP contribution in [0.4, 0.5) is 10.5 Å². The molecule has 0 aliphatic carbocycles. The van der Waals surface area contributed by atoms with Crippen LogP contribution in [0.3, 0.4) is 0 Å². The van der Waals surface area contributed by atoms with Gasteiger partial charge in [0.05, 0.1) is 5.92 Å². The minimum Gasteiger partial charge on any atom is -0.481 e. The van der Waals surface area contributed by atoms with Crippen molar-refractivity contribution in [3.05, 3.63) is 29.8 Å². The number of carboxylic acids is 1. The third kappa shape index (κ3) is 4.77. The summed E-state index contributed by atoms with van der Waals surface area (Å²) in [6.45, 7) is 8.18. The average Bonchev–Trinajstić information content (AvgIpc) is 2.39. The molecular formula is C16H24N2O3. The van der Waals surface area contributed by atoms with Crippen LogP contribution in [0.5, 0.6) is 0 Å². The van der Waals surface area contributed by atoms with Gasteiger partial charge in [-0.1, -0.05) is 26.0 Å². The molecule has 0 fully saturated rings. The average molecular weight is 292 g/mol. The van der Waals surface area contributed by atoms with Crippen LogP contribution in [0.2, 0.25) is 0 Å². The highest BCUT2D eigenvalue weighted by Crippen LogP contribution is 2.16. The van der Waals surface area contributed by atoms with E-state index in [1.807, 2.05) is 52.0 Å². The lowest BCUT2D eigenvalue weighted by molar-refractivity contribution is -0.142. The summed E-state index contributed by atoms with van der Waals surface area (Å²) in [6.07, 6.45) is 0. The van der Waals surface area contributed by atoms with E-state index in [1.54, 1.807) is 4.90 Å². The molecule has 0 bridgehead atoms. The van der Waals surface area contributed by atoms with Gasteiger partial charge in [0.1, 0.15) is 0 Å². The number of carbonyl (C=O) groups excluding carboxylic acids is 1. The number of anilines is 1. The van der Waals surface area contributed by atoms with Gasteiger partial charge in [0.25, 0.3) is 0 Å². The Kier molecular flexibility index (Phi) is 6.21. The van der Waals surface area contributed by atoms with E-state index in [4.69, 9.17) is 5.11 Å². The van der Waals surface area contributed by atoms with Gasteiger partial charge in [-0.05, 0) is 37.5 Å². The molecule has 0 saturated heterocycles. The standard InChI is InChI=1S/C16H24N2O3/c1-5-18(13-8-6-7-12(4)9-13)16(21)17-10-14(11(2)3)15(19)20/h6-9,11,14H,5,10H2,1-4H3,(H,17,21)(H,19,20). The molecule has 0 radical (unpaired) electrons. The van der Waals surface area contributed by atoms with E-state index in [0.29, 0.717) is 6.54 Å². The number of aryl methyl sites for hydroxylation is 1. The zero-order chi connectivity index (χ0) is 16.0. The largest absolute Gasteiger partial charge is 0.481 e. The molecule has 2 N–H and O–H groups in total. The first kappa shape index (κ1) is 17.0. The summed E-state index contributed by atoms with van der Waals surface area (Å²) in [4.78, 5) is 25.0. The van der Waals surface area contributed by atoms with Crippen molar-refractivity contribution in [3.8, 4) is 0 Å². The molecule has 1 atom stereocenters. The van der Waals surface area contributed by atoms with Crippen LogP contribution in [0.25, 0.3) is 0 Å². The van der Waals surface area contributed by atoms with Crippen LogP contribution in [0.1, 0.15) is 26.3 Å². The van der Waals surface area contributed by atoms with Gasteiger partial charge in [-0.25, -0.2) is 4.79 Å². The summed E-state index contributed by atoms with van der Waals surface area (Å²) in [5, 5.41) is 11.9. The number of carbonyl (C=O) groups is 2. The first-order chi connectivity index (χ1) is 9.86. The first-order valence-corrected chi connectivity index (χ1v) is 7.21. The van der Waals surface area contributed by atoms with Crippen LogP contribution in [-0.4, -0.2) is 30.2 Å². The molecule has 0 saturated carbocycles. The van der Waals surface area contributed by atoms with Gasteiger partial charge in [-0.15, -0.1) is 0 Å². The number of nitrogens with zero attached hydrogens (tertiary/aromatic N) is 1. The second kappa shape index (κ2) is 7.67. The highest BCUT2D eigenvalue weighted by atomic mass is 16.4. The van der Waals surface area contributed by atoms with Gasteiger partial charge in [0, 0.05) is 18.8 Å². The van der Waals surface area contributed by atoms with Gasteiger partial charge in [0.15, 0.2) is 0 Å². The highest BCUT2D eigenvalue weighted by Gasteiger charge is 2.23. The van der Waals surface area contributed by atoms with Crippen LogP contribution < -0.4 is 10.2 Å². The summed E-state index contributed by atoms with van der Waals surface area (Å²) >= 11 is 0. The highest BCUT2D eigenvalue weighted by molar-refractivity contribution is 5.92. The maximum Gasteiger partial charge on any atom is 0.321 e. The lowest BCUT2D eigenvalue weighted by Gasteiger charge is -2.24. The van der Waals surface area contributed by atoms with Gasteiger partial charge >= 0.3 is 12.0 Å². The zero-order valence-corrected chi connectivity index (χ0v) is 13.1. The Morgan fingerprint density at radius 3 is 2.48 bits per heavy atom. The monoisotopic (exact) mass is 292 g/mol. The summed E-state index contributed by atoms with van der Waals surface area (Å²) in [6, 6.07) is 7.39. The van der Waals surface area contributed by atoms with Crippen molar-refractivity contribution in [2.45, 2.75) is 27.7 Å². The van der Waals surface area contributed by atoms with Crippen molar-refractivity contribution in [2.24, 2.45) is 11.8 Å². The quantitative estimate of drug-likeness (QED) is 0.847. The number of urea groups is 1. The van der Waals surface area contributed by atoms with E-state index in [2.05, 4.69) is 5.32 Å². The number of benzene rings is 1. The fourth-order valence-corrected chi connectivity index (χ4v) is 2.14. The Balaban J connectivity index is 2.74. The Bertz CT molecular complexity index is 500. The number of hydrogen-bond acceptors (Lipinski definition) is 2. The smallest absolute Gasteiger partial charge is 0.321 e. The number of carboxylic acid groups (broad SMARTS) is 1. The Morgan fingerprint density at radius 1 is 1.33 bits per heavy atom. The second-order valence-electron chi connectivity index (χ2n) is 5.46. The minimum atomic E-state index is -0.885. The lowest BCUT2D eigenvalue weighted by Crippen LogP contribution is -2.44. The Labute approximate surface area is 126 Å². The van der Waals surface area contributed by atoms with Crippen molar-refractivity contribution in [2.75, 3.05) is 18.0 Å². The minimum absolute atomic E-state index is 0.0307. The van der Waals surface area contributed by atoms with Crippen LogP contribution >= 0.6 is 0 Å². The van der Waals surface area contributed by atoms with Gasteiger partial charge in [0.2, 0.25) is 0 Å². The summed E-state index contributed by atoms with van der Waals surface area (Å²) in [5.74, 6) is -1.49. The molecule has 0 aliphatic heterocycles. The summed E-state index contributed by atoms with van der Waals surface area (Å²) < 4.78 is 0. The van der Waals surface area contributed by atoms with Crippen molar-refractivity contribution in [1.82, 2.24) is 5.32 Å². The fraction of sp³-hybridized carbons (Fsp3) is 0.500. The van der Waals surface area contributed by atoms with Gasteiger partial charge in [-0.3, -0.25) is 9.69 Å². The zero-order valence-electron chi connectivity index (χ0n) is 13.1. The Morgan fingerprint density at radius 2 is 2.00 bits per heavy atom. The maximum atomic E-state index is 12.3. The molecule has 0 spiro atoms. The Hall–Kier alpha value is -2.04. The normalized spacial score (nSPS) is 12.0. The van der Waals surface area contributed by atoms with Gasteiger partial charge in [-0.2, -0.15) is 0 Å². The summed E-state index contributed by atoms with van der Waals surface area (Å²) in [5.41, 5.74) is 1.88. The third-order valence-electron chi connectivity index (χ3n) is 3.47. The first-order valence-electron chi connectivity index (χ1n) is 7.21. The maximum absolute atomic E-state index is 12.3. The van der Waals surface area contributed by atoms with E-state index in [9.17, 15) is 9.59 Å². The molecule has 2 amide bonds. The second-order valence-corrected chi connectivity index (χ2v) is 5.46. The topological polar surface area (TPSA) is 69.6 Å². The van der Waals surface area contributed by atoms with Crippen molar-refractivity contribution < 1.29 is 14.7 Å². The van der Waals surface area contributed by atoms with Crippen molar-refractivity contribution in [1.29, 1.82) is 0 Å². The fourth-order valence-electron chi connectivity index (χ4n) is 2.14. The molecule has 21 heavy (non-hydrogen) atoms. The van der Waals surface area contributed by atoms with Crippen LogP contribution in [0.15, 0.2) is 24.3 Å². The number of hydrogen-bond donors (Lipinski definition) is 2. The molecule has 5 heteroatoms.